The normalized spacial score (nSPS) is 21.3. The minimum atomic E-state index is 0.310. The third-order valence-corrected chi connectivity index (χ3v) is 4.16. The summed E-state index contributed by atoms with van der Waals surface area (Å²) >= 11 is 0. The summed E-state index contributed by atoms with van der Waals surface area (Å²) < 4.78 is 0. The Kier molecular flexibility index (Phi) is 5.01. The quantitative estimate of drug-likeness (QED) is 0.769. The van der Waals surface area contributed by atoms with E-state index in [0.29, 0.717) is 24.5 Å². The highest BCUT2D eigenvalue weighted by Gasteiger charge is 2.31. The van der Waals surface area contributed by atoms with Gasteiger partial charge in [0.05, 0.1) is 6.54 Å². The molecule has 0 aromatic heterocycles. The molecule has 4 heteroatoms. The number of rotatable bonds is 6. The van der Waals surface area contributed by atoms with Gasteiger partial charge in [0.2, 0.25) is 5.91 Å². The molecule has 4 nitrogen and oxygen atoms in total. The Bertz CT molecular complexity index is 272. The maximum absolute atomic E-state index is 12.2. The smallest absolute Gasteiger partial charge is 0.236 e. The molecule has 1 heterocycles. The number of hydrogen-bond acceptors (Lipinski definition) is 3. The molecule has 0 bridgehead atoms. The highest BCUT2D eigenvalue weighted by atomic mass is 16.2. The summed E-state index contributed by atoms with van der Waals surface area (Å²) in [7, 11) is 1.96. The molecule has 2 rings (SSSR count). The molecule has 2 aliphatic rings. The van der Waals surface area contributed by atoms with Gasteiger partial charge in [-0.05, 0) is 51.7 Å². The van der Waals surface area contributed by atoms with Crippen LogP contribution >= 0.6 is 0 Å². The van der Waals surface area contributed by atoms with Crippen molar-refractivity contribution in [3.05, 3.63) is 0 Å². The second-order valence-electron chi connectivity index (χ2n) is 5.69. The van der Waals surface area contributed by atoms with Crippen LogP contribution < -0.4 is 5.32 Å². The summed E-state index contributed by atoms with van der Waals surface area (Å²) in [5.41, 5.74) is 0. The number of nitrogens with zero attached hydrogens (tertiary/aromatic N) is 2. The lowest BCUT2D eigenvalue weighted by Crippen LogP contribution is -2.48. The highest BCUT2D eigenvalue weighted by molar-refractivity contribution is 5.78. The standard InChI is InChI=1S/C14H27N3O/c1-3-10-17(13-6-8-15-9-7-13)11-14(18)16(2)12-4-5-12/h12-13,15H,3-11H2,1-2H3. The van der Waals surface area contributed by atoms with Crippen LogP contribution in [0.25, 0.3) is 0 Å². The summed E-state index contributed by atoms with van der Waals surface area (Å²) in [5.74, 6) is 0.310. The fourth-order valence-electron chi connectivity index (χ4n) is 2.80. The molecule has 0 aromatic rings. The number of carbonyl (C=O) groups excluding carboxylic acids is 1. The van der Waals surface area contributed by atoms with Gasteiger partial charge in [-0.25, -0.2) is 0 Å². The number of carbonyl (C=O) groups is 1. The number of amides is 1. The van der Waals surface area contributed by atoms with E-state index in [1.807, 2.05) is 11.9 Å². The average Bonchev–Trinajstić information content (AvgIpc) is 3.22. The maximum Gasteiger partial charge on any atom is 0.236 e. The van der Waals surface area contributed by atoms with Crippen LogP contribution in [0.2, 0.25) is 0 Å². The summed E-state index contributed by atoms with van der Waals surface area (Å²) in [4.78, 5) is 16.6. The Labute approximate surface area is 111 Å². The van der Waals surface area contributed by atoms with Crippen molar-refractivity contribution in [3.8, 4) is 0 Å². The molecule has 0 radical (unpaired) electrons. The molecule has 2 fully saturated rings. The maximum atomic E-state index is 12.2. The Balaban J connectivity index is 1.85. The van der Waals surface area contributed by atoms with Crippen LogP contribution in [0.5, 0.6) is 0 Å². The first-order valence-electron chi connectivity index (χ1n) is 7.42. The van der Waals surface area contributed by atoms with Crippen LogP contribution in [0.3, 0.4) is 0 Å². The van der Waals surface area contributed by atoms with Crippen molar-refractivity contribution >= 4 is 5.91 Å². The zero-order valence-electron chi connectivity index (χ0n) is 11.8. The van der Waals surface area contributed by atoms with Gasteiger partial charge in [-0.15, -0.1) is 0 Å². The van der Waals surface area contributed by atoms with Crippen LogP contribution in [0.15, 0.2) is 0 Å². The zero-order valence-corrected chi connectivity index (χ0v) is 11.8. The van der Waals surface area contributed by atoms with Crippen molar-refractivity contribution in [2.45, 2.75) is 51.1 Å². The van der Waals surface area contributed by atoms with E-state index >= 15 is 0 Å². The van der Waals surface area contributed by atoms with Crippen LogP contribution in [0.1, 0.15) is 39.0 Å². The fraction of sp³-hybridized carbons (Fsp3) is 0.929. The van der Waals surface area contributed by atoms with Gasteiger partial charge in [0.15, 0.2) is 0 Å². The highest BCUT2D eigenvalue weighted by Crippen LogP contribution is 2.25. The molecule has 1 saturated carbocycles. The predicted molar refractivity (Wildman–Crippen MR) is 73.5 cm³/mol. The van der Waals surface area contributed by atoms with Crippen molar-refractivity contribution in [2.24, 2.45) is 0 Å². The molecule has 1 aliphatic carbocycles. The van der Waals surface area contributed by atoms with Crippen LogP contribution in [0.4, 0.5) is 0 Å². The summed E-state index contributed by atoms with van der Waals surface area (Å²) in [6.07, 6.45) is 5.89. The van der Waals surface area contributed by atoms with Crippen molar-refractivity contribution in [1.29, 1.82) is 0 Å². The minimum Gasteiger partial charge on any atom is -0.342 e. The topological polar surface area (TPSA) is 35.6 Å². The molecule has 1 N–H and O–H groups in total. The third-order valence-electron chi connectivity index (χ3n) is 4.16. The van der Waals surface area contributed by atoms with Gasteiger partial charge in [-0.1, -0.05) is 6.92 Å². The Morgan fingerprint density at radius 2 is 1.83 bits per heavy atom. The lowest BCUT2D eigenvalue weighted by atomic mass is 10.0. The lowest BCUT2D eigenvalue weighted by molar-refractivity contribution is -0.132. The molecular weight excluding hydrogens is 226 g/mol. The van der Waals surface area contributed by atoms with Gasteiger partial charge in [-0.2, -0.15) is 0 Å². The van der Waals surface area contributed by atoms with Crippen molar-refractivity contribution < 1.29 is 4.79 Å². The van der Waals surface area contributed by atoms with Crippen LogP contribution in [0, 0.1) is 0 Å². The number of hydrogen-bond donors (Lipinski definition) is 1. The first-order valence-corrected chi connectivity index (χ1v) is 7.42. The second-order valence-corrected chi connectivity index (χ2v) is 5.69. The molecule has 0 atom stereocenters. The molecule has 1 aliphatic heterocycles. The van der Waals surface area contributed by atoms with E-state index in [0.717, 1.165) is 26.1 Å². The molecule has 0 aromatic carbocycles. The van der Waals surface area contributed by atoms with E-state index in [1.165, 1.54) is 25.7 Å². The van der Waals surface area contributed by atoms with Gasteiger partial charge < -0.3 is 10.2 Å². The number of piperidine rings is 1. The Hall–Kier alpha value is -0.610. The van der Waals surface area contributed by atoms with E-state index < -0.39 is 0 Å². The lowest BCUT2D eigenvalue weighted by Gasteiger charge is -2.35. The largest absolute Gasteiger partial charge is 0.342 e. The second kappa shape index (κ2) is 6.53. The summed E-state index contributed by atoms with van der Waals surface area (Å²) in [5, 5.41) is 3.39. The summed E-state index contributed by atoms with van der Waals surface area (Å²) in [6.45, 7) is 6.05. The molecule has 0 spiro atoms. The zero-order chi connectivity index (χ0) is 13.0. The van der Waals surface area contributed by atoms with Gasteiger partial charge in [-0.3, -0.25) is 9.69 Å². The van der Waals surface area contributed by atoms with Gasteiger partial charge >= 0.3 is 0 Å². The van der Waals surface area contributed by atoms with Gasteiger partial charge in [0.25, 0.3) is 0 Å². The molecule has 1 saturated heterocycles. The SMILES string of the molecule is CCCN(CC(=O)N(C)C1CC1)C1CCNCC1. The average molecular weight is 253 g/mol. The molecule has 104 valence electrons. The van der Waals surface area contributed by atoms with Crippen LogP contribution in [-0.4, -0.2) is 61.0 Å². The first kappa shape index (κ1) is 13.8. The van der Waals surface area contributed by atoms with E-state index in [2.05, 4.69) is 17.1 Å². The van der Waals surface area contributed by atoms with Crippen LogP contribution in [-0.2, 0) is 4.79 Å². The Morgan fingerprint density at radius 1 is 1.17 bits per heavy atom. The Morgan fingerprint density at radius 3 is 2.39 bits per heavy atom. The molecule has 0 unspecified atom stereocenters. The first-order chi connectivity index (χ1) is 8.72. The molecule has 18 heavy (non-hydrogen) atoms. The molecule has 1 amide bonds. The number of likely N-dealkylation sites (N-methyl/N-ethyl adjacent to an activating group) is 1. The number of nitrogens with one attached hydrogen (secondary N) is 1. The third kappa shape index (κ3) is 3.69. The van der Waals surface area contributed by atoms with E-state index in [1.54, 1.807) is 0 Å². The predicted octanol–water partition coefficient (Wildman–Crippen LogP) is 1.07. The van der Waals surface area contributed by atoms with Crippen molar-refractivity contribution in [1.82, 2.24) is 15.1 Å². The molecular formula is C14H27N3O. The fourth-order valence-corrected chi connectivity index (χ4v) is 2.80. The van der Waals surface area contributed by atoms with Gasteiger partial charge in [0.1, 0.15) is 0 Å². The minimum absolute atomic E-state index is 0.310. The summed E-state index contributed by atoms with van der Waals surface area (Å²) in [6, 6.07) is 1.14. The van der Waals surface area contributed by atoms with E-state index in [-0.39, 0.29) is 0 Å². The van der Waals surface area contributed by atoms with Gasteiger partial charge in [0, 0.05) is 19.1 Å². The van der Waals surface area contributed by atoms with Crippen molar-refractivity contribution in [2.75, 3.05) is 33.2 Å². The van der Waals surface area contributed by atoms with E-state index in [9.17, 15) is 4.79 Å². The van der Waals surface area contributed by atoms with E-state index in [4.69, 9.17) is 0 Å². The van der Waals surface area contributed by atoms with Crippen molar-refractivity contribution in [3.63, 3.8) is 0 Å². The monoisotopic (exact) mass is 253 g/mol.